The molecule has 24 heavy (non-hydrogen) atoms. The molecule has 2 rings (SSSR count). The molecule has 6 nitrogen and oxygen atoms in total. The fourth-order valence-electron chi connectivity index (χ4n) is 1.69. The number of halogens is 2. The lowest BCUT2D eigenvalue weighted by molar-refractivity contribution is -0.123. The van der Waals surface area contributed by atoms with Crippen LogP contribution in [0.4, 0.5) is 0 Å². The van der Waals surface area contributed by atoms with Crippen LogP contribution in [0.3, 0.4) is 0 Å². The van der Waals surface area contributed by atoms with Crippen LogP contribution >= 0.6 is 23.2 Å². The number of aryl methyl sites for hydroxylation is 1. The smallest absolute Gasteiger partial charge is 0.272 e. The van der Waals surface area contributed by atoms with E-state index < -0.39 is 15.9 Å². The molecule has 1 amide bonds. The summed E-state index contributed by atoms with van der Waals surface area (Å²) in [5.74, 6) is -0.201. The third-order valence-electron chi connectivity index (χ3n) is 2.95. The summed E-state index contributed by atoms with van der Waals surface area (Å²) >= 11 is 11.6. The molecule has 0 aromatic heterocycles. The molecule has 0 radical (unpaired) electrons. The molecule has 0 heterocycles. The Hall–Kier alpha value is -1.80. The molecule has 9 heteroatoms. The highest BCUT2D eigenvalue weighted by atomic mass is 35.5. The summed E-state index contributed by atoms with van der Waals surface area (Å²) in [6.07, 6.45) is 0. The Balaban J connectivity index is 1.88. The summed E-state index contributed by atoms with van der Waals surface area (Å²) in [7, 11) is -3.88. The van der Waals surface area contributed by atoms with E-state index in [4.69, 9.17) is 27.9 Å². The predicted molar refractivity (Wildman–Crippen MR) is 91.6 cm³/mol. The molecule has 2 aromatic carbocycles. The van der Waals surface area contributed by atoms with Crippen molar-refractivity contribution in [3.63, 3.8) is 0 Å². The number of carbonyl (C=O) groups is 1. The van der Waals surface area contributed by atoms with Crippen molar-refractivity contribution in [2.24, 2.45) is 0 Å². The van der Waals surface area contributed by atoms with Crippen molar-refractivity contribution in [2.45, 2.75) is 11.8 Å². The highest BCUT2D eigenvalue weighted by Crippen LogP contribution is 2.20. The van der Waals surface area contributed by atoms with Gasteiger partial charge in [-0.25, -0.2) is 8.42 Å². The molecule has 0 aliphatic carbocycles. The van der Waals surface area contributed by atoms with Gasteiger partial charge >= 0.3 is 0 Å². The van der Waals surface area contributed by atoms with Crippen LogP contribution in [-0.4, -0.2) is 20.9 Å². The number of hydrogen-bond acceptors (Lipinski definition) is 4. The van der Waals surface area contributed by atoms with E-state index in [1.54, 1.807) is 25.1 Å². The van der Waals surface area contributed by atoms with Crippen molar-refractivity contribution < 1.29 is 17.9 Å². The van der Waals surface area contributed by atoms with Gasteiger partial charge in [-0.15, -0.1) is 4.83 Å². The lowest BCUT2D eigenvalue weighted by Gasteiger charge is -2.10. The van der Waals surface area contributed by atoms with Gasteiger partial charge in [-0.05, 0) is 55.0 Å². The van der Waals surface area contributed by atoms with Gasteiger partial charge in [0.15, 0.2) is 6.61 Å². The Morgan fingerprint density at radius 2 is 1.79 bits per heavy atom. The van der Waals surface area contributed by atoms with Gasteiger partial charge in [-0.2, -0.15) is 0 Å². The number of ether oxygens (including phenoxy) is 1. The SMILES string of the molecule is Cc1cc(OCC(=O)NNS(=O)(=O)c2ccc(Cl)cc2)ccc1Cl. The zero-order valence-corrected chi connectivity index (χ0v) is 14.9. The second-order valence-corrected chi connectivity index (χ2v) is 7.33. The molecule has 0 atom stereocenters. The highest BCUT2D eigenvalue weighted by molar-refractivity contribution is 7.89. The number of benzene rings is 2. The highest BCUT2D eigenvalue weighted by Gasteiger charge is 2.15. The molecule has 0 spiro atoms. The van der Waals surface area contributed by atoms with E-state index in [2.05, 4.69) is 5.43 Å². The zero-order valence-electron chi connectivity index (χ0n) is 12.5. The normalized spacial score (nSPS) is 11.1. The lowest BCUT2D eigenvalue weighted by atomic mass is 10.2. The molecular weight excluding hydrogens is 375 g/mol. The molecule has 0 saturated heterocycles. The second-order valence-electron chi connectivity index (χ2n) is 4.81. The average molecular weight is 389 g/mol. The van der Waals surface area contributed by atoms with E-state index in [9.17, 15) is 13.2 Å². The van der Waals surface area contributed by atoms with Gasteiger partial charge in [0.25, 0.3) is 15.9 Å². The molecule has 0 saturated carbocycles. The topological polar surface area (TPSA) is 84.5 Å². The number of rotatable bonds is 6. The molecule has 0 aliphatic rings. The largest absolute Gasteiger partial charge is 0.484 e. The summed E-state index contributed by atoms with van der Waals surface area (Å²) in [6.45, 7) is 1.44. The van der Waals surface area contributed by atoms with Crippen LogP contribution < -0.4 is 15.0 Å². The number of hydrazine groups is 1. The van der Waals surface area contributed by atoms with Crippen LogP contribution in [0.1, 0.15) is 5.56 Å². The molecule has 0 aliphatic heterocycles. The maximum absolute atomic E-state index is 12.0. The number of nitrogens with one attached hydrogen (secondary N) is 2. The van der Waals surface area contributed by atoms with Gasteiger partial charge in [0.2, 0.25) is 0 Å². The van der Waals surface area contributed by atoms with Crippen molar-refractivity contribution >= 4 is 39.1 Å². The summed E-state index contributed by atoms with van der Waals surface area (Å²) in [5, 5.41) is 0.993. The Bertz CT molecular complexity index is 839. The number of sulfonamides is 1. The maximum Gasteiger partial charge on any atom is 0.272 e. The average Bonchev–Trinajstić information content (AvgIpc) is 2.54. The maximum atomic E-state index is 12.0. The van der Waals surface area contributed by atoms with Gasteiger partial charge in [-0.3, -0.25) is 10.2 Å². The number of hydrogen-bond donors (Lipinski definition) is 2. The molecule has 2 aromatic rings. The minimum absolute atomic E-state index is 0.0264. The summed E-state index contributed by atoms with van der Waals surface area (Å²) in [4.78, 5) is 13.6. The summed E-state index contributed by atoms with van der Waals surface area (Å²) in [5.41, 5.74) is 2.88. The van der Waals surface area contributed by atoms with E-state index in [1.165, 1.54) is 24.3 Å². The monoisotopic (exact) mass is 388 g/mol. The Morgan fingerprint density at radius 3 is 2.42 bits per heavy atom. The molecule has 0 fully saturated rings. The molecule has 0 bridgehead atoms. The summed E-state index contributed by atoms with van der Waals surface area (Å²) in [6, 6.07) is 10.4. The van der Waals surface area contributed by atoms with Crippen molar-refractivity contribution in [1.29, 1.82) is 0 Å². The van der Waals surface area contributed by atoms with Crippen LogP contribution in [0.5, 0.6) is 5.75 Å². The first kappa shape index (κ1) is 18.5. The predicted octanol–water partition coefficient (Wildman–Crippen LogP) is 2.69. The van der Waals surface area contributed by atoms with E-state index >= 15 is 0 Å². The molecule has 2 N–H and O–H groups in total. The van der Waals surface area contributed by atoms with Crippen molar-refractivity contribution in [1.82, 2.24) is 10.3 Å². The van der Waals surface area contributed by atoms with E-state index in [0.717, 1.165) is 5.56 Å². The van der Waals surface area contributed by atoms with Crippen LogP contribution in [0.2, 0.25) is 10.0 Å². The van der Waals surface area contributed by atoms with E-state index in [1.807, 2.05) is 4.83 Å². The van der Waals surface area contributed by atoms with E-state index in [-0.39, 0.29) is 11.5 Å². The Kier molecular flexibility index (Phi) is 6.06. The Labute approximate surface area is 149 Å². The third-order valence-corrected chi connectivity index (χ3v) is 4.89. The van der Waals surface area contributed by atoms with Gasteiger partial charge in [0, 0.05) is 10.0 Å². The van der Waals surface area contributed by atoms with Gasteiger partial charge < -0.3 is 4.74 Å². The zero-order chi connectivity index (χ0) is 17.7. The minimum Gasteiger partial charge on any atom is -0.484 e. The van der Waals surface area contributed by atoms with Crippen LogP contribution in [0, 0.1) is 6.92 Å². The first-order valence-electron chi connectivity index (χ1n) is 6.73. The first-order chi connectivity index (χ1) is 11.3. The van der Waals surface area contributed by atoms with Crippen molar-refractivity contribution in [3.8, 4) is 5.75 Å². The van der Waals surface area contributed by atoms with E-state index in [0.29, 0.717) is 15.8 Å². The second kappa shape index (κ2) is 7.85. The fourth-order valence-corrected chi connectivity index (χ4v) is 2.79. The third kappa shape index (κ3) is 5.10. The number of amides is 1. The van der Waals surface area contributed by atoms with Crippen LogP contribution in [0.15, 0.2) is 47.4 Å². The molecule has 0 unspecified atom stereocenters. The first-order valence-corrected chi connectivity index (χ1v) is 8.97. The standard InChI is InChI=1S/C15H14Cl2N2O4S/c1-10-8-12(4-7-14(10)17)23-9-15(20)18-19-24(21,22)13-5-2-11(16)3-6-13/h2-8,19H,9H2,1H3,(H,18,20). The quantitative estimate of drug-likeness (QED) is 0.744. The van der Waals surface area contributed by atoms with Gasteiger partial charge in [-0.1, -0.05) is 23.2 Å². The van der Waals surface area contributed by atoms with Crippen LogP contribution in [0.25, 0.3) is 0 Å². The van der Waals surface area contributed by atoms with Gasteiger partial charge in [0.1, 0.15) is 5.75 Å². The summed E-state index contributed by atoms with van der Waals surface area (Å²) < 4.78 is 29.2. The van der Waals surface area contributed by atoms with Crippen LogP contribution in [-0.2, 0) is 14.8 Å². The number of carbonyl (C=O) groups excluding carboxylic acids is 1. The van der Waals surface area contributed by atoms with Crippen molar-refractivity contribution in [2.75, 3.05) is 6.61 Å². The van der Waals surface area contributed by atoms with Gasteiger partial charge in [0.05, 0.1) is 4.90 Å². The molecular formula is C15H14Cl2N2O4S. The molecule has 128 valence electrons. The Morgan fingerprint density at radius 1 is 1.12 bits per heavy atom. The minimum atomic E-state index is -3.88. The lowest BCUT2D eigenvalue weighted by Crippen LogP contribution is -2.43. The van der Waals surface area contributed by atoms with Crippen molar-refractivity contribution in [3.05, 3.63) is 58.1 Å². The fraction of sp³-hybridized carbons (Fsp3) is 0.133.